The molecule has 1 N–H and O–H groups in total. The third-order valence-corrected chi connectivity index (χ3v) is 3.42. The van der Waals surface area contributed by atoms with Crippen molar-refractivity contribution in [3.63, 3.8) is 0 Å². The monoisotopic (exact) mass is 296 g/mol. The standard InChI is InChI=1S/C16H28N2O3/c1-17(2)9-6-10-18(3)12-14(19)13-7-8-15(20-4)16(11-13)21-5/h7-8,11,14,19H,6,9-10,12H2,1-5H3. The van der Waals surface area contributed by atoms with E-state index < -0.39 is 6.10 Å². The molecule has 1 aromatic carbocycles. The molecule has 1 aromatic rings. The Hall–Kier alpha value is -1.30. The van der Waals surface area contributed by atoms with Gasteiger partial charge in [-0.15, -0.1) is 0 Å². The zero-order valence-corrected chi connectivity index (χ0v) is 13.8. The molecule has 1 atom stereocenters. The van der Waals surface area contributed by atoms with Crippen LogP contribution in [0.4, 0.5) is 0 Å². The molecular formula is C16H28N2O3. The molecule has 0 amide bonds. The van der Waals surface area contributed by atoms with Gasteiger partial charge < -0.3 is 24.4 Å². The van der Waals surface area contributed by atoms with Crippen LogP contribution >= 0.6 is 0 Å². The number of aliphatic hydroxyl groups is 1. The van der Waals surface area contributed by atoms with Crippen LogP contribution in [0, 0.1) is 0 Å². The van der Waals surface area contributed by atoms with Crippen molar-refractivity contribution >= 4 is 0 Å². The van der Waals surface area contributed by atoms with Gasteiger partial charge in [0.25, 0.3) is 0 Å². The number of likely N-dealkylation sites (N-methyl/N-ethyl adjacent to an activating group) is 1. The van der Waals surface area contributed by atoms with E-state index in [1.54, 1.807) is 14.2 Å². The Balaban J connectivity index is 2.56. The van der Waals surface area contributed by atoms with Crippen molar-refractivity contribution in [2.45, 2.75) is 12.5 Å². The molecule has 0 heterocycles. The number of hydrogen-bond acceptors (Lipinski definition) is 5. The van der Waals surface area contributed by atoms with Gasteiger partial charge in [-0.25, -0.2) is 0 Å². The van der Waals surface area contributed by atoms with E-state index >= 15 is 0 Å². The topological polar surface area (TPSA) is 45.2 Å². The van der Waals surface area contributed by atoms with E-state index in [0.29, 0.717) is 18.0 Å². The lowest BCUT2D eigenvalue weighted by Gasteiger charge is -2.22. The summed E-state index contributed by atoms with van der Waals surface area (Å²) in [6.07, 6.45) is 0.552. The van der Waals surface area contributed by atoms with E-state index in [9.17, 15) is 5.11 Å². The third kappa shape index (κ3) is 5.91. The molecule has 0 radical (unpaired) electrons. The first-order valence-corrected chi connectivity index (χ1v) is 7.21. The van der Waals surface area contributed by atoms with Gasteiger partial charge in [0, 0.05) is 6.54 Å². The highest BCUT2D eigenvalue weighted by molar-refractivity contribution is 5.43. The van der Waals surface area contributed by atoms with Gasteiger partial charge in [0.2, 0.25) is 0 Å². The summed E-state index contributed by atoms with van der Waals surface area (Å²) >= 11 is 0. The lowest BCUT2D eigenvalue weighted by atomic mass is 10.1. The van der Waals surface area contributed by atoms with Gasteiger partial charge in [0.15, 0.2) is 11.5 Å². The second-order valence-electron chi connectivity index (χ2n) is 5.55. The maximum absolute atomic E-state index is 10.3. The Morgan fingerprint density at radius 3 is 2.29 bits per heavy atom. The van der Waals surface area contributed by atoms with Crippen molar-refractivity contribution in [3.8, 4) is 11.5 Å². The Morgan fingerprint density at radius 1 is 1.05 bits per heavy atom. The highest BCUT2D eigenvalue weighted by Gasteiger charge is 2.13. The molecule has 0 aromatic heterocycles. The largest absolute Gasteiger partial charge is 0.493 e. The van der Waals surface area contributed by atoms with E-state index in [4.69, 9.17) is 9.47 Å². The zero-order chi connectivity index (χ0) is 15.8. The lowest BCUT2D eigenvalue weighted by Crippen LogP contribution is -2.28. The molecule has 0 saturated carbocycles. The first-order valence-electron chi connectivity index (χ1n) is 7.21. The SMILES string of the molecule is COc1ccc(C(O)CN(C)CCCN(C)C)cc1OC. The minimum Gasteiger partial charge on any atom is -0.493 e. The van der Waals surface area contributed by atoms with Gasteiger partial charge in [-0.1, -0.05) is 6.07 Å². The van der Waals surface area contributed by atoms with Crippen molar-refractivity contribution < 1.29 is 14.6 Å². The van der Waals surface area contributed by atoms with Crippen molar-refractivity contribution in [2.24, 2.45) is 0 Å². The van der Waals surface area contributed by atoms with Gasteiger partial charge in [0.1, 0.15) is 0 Å². The Bertz CT molecular complexity index is 424. The van der Waals surface area contributed by atoms with Crippen molar-refractivity contribution in [3.05, 3.63) is 23.8 Å². The molecule has 5 nitrogen and oxygen atoms in total. The van der Waals surface area contributed by atoms with Crippen LogP contribution in [0.1, 0.15) is 18.1 Å². The number of rotatable bonds is 9. The Labute approximate surface area is 128 Å². The normalized spacial score (nSPS) is 12.8. The fraction of sp³-hybridized carbons (Fsp3) is 0.625. The minimum atomic E-state index is -0.533. The second kappa shape index (κ2) is 8.87. The molecule has 0 bridgehead atoms. The van der Waals surface area contributed by atoms with Crippen molar-refractivity contribution in [2.75, 3.05) is 55.0 Å². The molecule has 0 fully saturated rings. The minimum absolute atomic E-state index is 0.533. The van der Waals surface area contributed by atoms with Gasteiger partial charge >= 0.3 is 0 Å². The van der Waals surface area contributed by atoms with Crippen LogP contribution < -0.4 is 9.47 Å². The quantitative estimate of drug-likeness (QED) is 0.750. The molecule has 0 aliphatic rings. The number of benzene rings is 1. The molecule has 0 aliphatic carbocycles. The van der Waals surface area contributed by atoms with Crippen LogP contribution in [0.25, 0.3) is 0 Å². The van der Waals surface area contributed by atoms with Crippen molar-refractivity contribution in [1.82, 2.24) is 9.80 Å². The maximum atomic E-state index is 10.3. The summed E-state index contributed by atoms with van der Waals surface area (Å²) in [5.74, 6) is 1.32. The zero-order valence-electron chi connectivity index (χ0n) is 13.8. The van der Waals surface area contributed by atoms with Gasteiger partial charge in [0.05, 0.1) is 20.3 Å². The molecule has 0 saturated heterocycles. The molecule has 21 heavy (non-hydrogen) atoms. The van der Waals surface area contributed by atoms with Gasteiger partial charge in [-0.05, 0) is 58.3 Å². The highest BCUT2D eigenvalue weighted by Crippen LogP contribution is 2.30. The summed E-state index contributed by atoms with van der Waals surface area (Å²) in [7, 11) is 9.37. The molecule has 120 valence electrons. The van der Waals surface area contributed by atoms with Crippen LogP contribution in [0.5, 0.6) is 11.5 Å². The summed E-state index contributed by atoms with van der Waals surface area (Å²) < 4.78 is 10.5. The fourth-order valence-electron chi connectivity index (χ4n) is 2.21. The average molecular weight is 296 g/mol. The summed E-state index contributed by atoms with van der Waals surface area (Å²) in [6.45, 7) is 2.61. The van der Waals surface area contributed by atoms with Crippen LogP contribution in [0.2, 0.25) is 0 Å². The first kappa shape index (κ1) is 17.8. The first-order chi connectivity index (χ1) is 9.97. The van der Waals surface area contributed by atoms with Crippen LogP contribution in [-0.2, 0) is 0 Å². The molecule has 0 spiro atoms. The van der Waals surface area contributed by atoms with E-state index in [1.807, 2.05) is 25.2 Å². The Kier molecular flexibility index (Phi) is 7.50. The van der Waals surface area contributed by atoms with Crippen LogP contribution in [0.3, 0.4) is 0 Å². The molecular weight excluding hydrogens is 268 g/mol. The number of ether oxygens (including phenoxy) is 2. The molecule has 5 heteroatoms. The second-order valence-corrected chi connectivity index (χ2v) is 5.55. The van der Waals surface area contributed by atoms with E-state index in [2.05, 4.69) is 23.9 Å². The molecule has 1 rings (SSSR count). The number of methoxy groups -OCH3 is 2. The smallest absolute Gasteiger partial charge is 0.161 e. The van der Waals surface area contributed by atoms with Gasteiger partial charge in [-0.2, -0.15) is 0 Å². The average Bonchev–Trinajstić information content (AvgIpc) is 2.45. The number of aliphatic hydroxyl groups excluding tert-OH is 1. The van der Waals surface area contributed by atoms with Crippen LogP contribution in [0.15, 0.2) is 18.2 Å². The van der Waals surface area contributed by atoms with E-state index in [1.165, 1.54) is 0 Å². The van der Waals surface area contributed by atoms with Crippen LogP contribution in [-0.4, -0.2) is 69.9 Å². The summed E-state index contributed by atoms with van der Waals surface area (Å²) in [5, 5.41) is 10.3. The van der Waals surface area contributed by atoms with E-state index in [-0.39, 0.29) is 0 Å². The summed E-state index contributed by atoms with van der Waals surface area (Å²) in [4.78, 5) is 4.31. The predicted molar refractivity (Wildman–Crippen MR) is 85.2 cm³/mol. The summed E-state index contributed by atoms with van der Waals surface area (Å²) in [5.41, 5.74) is 0.840. The summed E-state index contributed by atoms with van der Waals surface area (Å²) in [6, 6.07) is 5.53. The molecule has 0 aliphatic heterocycles. The maximum Gasteiger partial charge on any atom is 0.161 e. The fourth-order valence-corrected chi connectivity index (χ4v) is 2.21. The highest BCUT2D eigenvalue weighted by atomic mass is 16.5. The number of hydrogen-bond donors (Lipinski definition) is 1. The number of nitrogens with zero attached hydrogens (tertiary/aromatic N) is 2. The lowest BCUT2D eigenvalue weighted by molar-refractivity contribution is 0.124. The van der Waals surface area contributed by atoms with E-state index in [0.717, 1.165) is 25.1 Å². The van der Waals surface area contributed by atoms with Gasteiger partial charge in [-0.3, -0.25) is 0 Å². The van der Waals surface area contributed by atoms with Crippen molar-refractivity contribution in [1.29, 1.82) is 0 Å². The Morgan fingerprint density at radius 2 is 1.71 bits per heavy atom. The molecule has 1 unspecified atom stereocenters. The predicted octanol–water partition coefficient (Wildman–Crippen LogP) is 1.62. The third-order valence-electron chi connectivity index (χ3n) is 3.42.